The molecule has 2 aliphatic carbocycles. The number of fused-ring (bicyclic) bond motifs is 1. The minimum Gasteiger partial charge on any atom is -0.493 e. The Balaban J connectivity index is 1.85. The number of rotatable bonds is 13. The molecule has 1 saturated carbocycles. The molecule has 3 nitrogen and oxygen atoms in total. The first-order valence-electron chi connectivity index (χ1n) is 13.9. The van der Waals surface area contributed by atoms with Crippen molar-refractivity contribution >= 4 is 5.97 Å². The smallest absolute Gasteiger partial charge is 0.328 e. The van der Waals surface area contributed by atoms with Crippen LogP contribution >= 0.6 is 0 Å². The van der Waals surface area contributed by atoms with E-state index in [1.807, 2.05) is 13.0 Å². The second kappa shape index (κ2) is 11.4. The fraction of sp³-hybridized carbons (Fsp3) is 0.656. The first kappa shape index (κ1) is 27.6. The largest absolute Gasteiger partial charge is 0.493 e. The van der Waals surface area contributed by atoms with Gasteiger partial charge >= 0.3 is 5.97 Å². The lowest BCUT2D eigenvalue weighted by molar-refractivity contribution is -0.131. The monoisotopic (exact) mass is 480 g/mol. The summed E-state index contributed by atoms with van der Waals surface area (Å²) in [7, 11) is 0. The first-order valence-corrected chi connectivity index (χ1v) is 13.9. The molecule has 0 atom stereocenters. The summed E-state index contributed by atoms with van der Waals surface area (Å²) in [6.07, 6.45) is 18.5. The van der Waals surface area contributed by atoms with Gasteiger partial charge in [-0.15, -0.1) is 0 Å². The third-order valence-electron chi connectivity index (χ3n) is 8.40. The topological polar surface area (TPSA) is 46.5 Å². The van der Waals surface area contributed by atoms with Gasteiger partial charge in [0.2, 0.25) is 0 Å². The minimum absolute atomic E-state index is 0.177. The number of carbonyl (C=O) groups is 1. The lowest BCUT2D eigenvalue weighted by atomic mass is 9.62. The maximum atomic E-state index is 10.9. The molecule has 1 fully saturated rings. The van der Waals surface area contributed by atoms with Crippen molar-refractivity contribution < 1.29 is 14.6 Å². The molecular formula is C32H48O3. The fourth-order valence-electron chi connectivity index (χ4n) is 5.69. The van der Waals surface area contributed by atoms with Gasteiger partial charge in [-0.1, -0.05) is 78.5 Å². The predicted octanol–water partition coefficient (Wildman–Crippen LogP) is 8.78. The van der Waals surface area contributed by atoms with E-state index < -0.39 is 5.97 Å². The predicted molar refractivity (Wildman–Crippen MR) is 147 cm³/mol. The van der Waals surface area contributed by atoms with Crippen LogP contribution in [0, 0.1) is 0 Å². The number of unbranched alkanes of at least 4 members (excludes halogenated alkanes) is 4. The van der Waals surface area contributed by atoms with Crippen molar-refractivity contribution in [3.8, 4) is 5.75 Å². The van der Waals surface area contributed by atoms with Crippen LogP contribution in [-0.2, 0) is 21.0 Å². The van der Waals surface area contributed by atoms with Crippen LogP contribution in [0.5, 0.6) is 5.75 Å². The molecule has 0 amide bonds. The van der Waals surface area contributed by atoms with E-state index in [0.29, 0.717) is 0 Å². The minimum atomic E-state index is -0.887. The van der Waals surface area contributed by atoms with Gasteiger partial charge in [-0.3, -0.25) is 0 Å². The first-order chi connectivity index (χ1) is 16.5. The Morgan fingerprint density at radius 2 is 1.57 bits per heavy atom. The van der Waals surface area contributed by atoms with E-state index in [4.69, 9.17) is 9.84 Å². The lowest BCUT2D eigenvalue weighted by Gasteiger charge is -2.43. The highest BCUT2D eigenvalue weighted by atomic mass is 16.5. The summed E-state index contributed by atoms with van der Waals surface area (Å²) in [5.74, 6) is 0.232. The summed E-state index contributed by atoms with van der Waals surface area (Å²) in [6.45, 7) is 14.5. The molecule has 3 heteroatoms. The molecule has 0 unspecified atom stereocenters. The van der Waals surface area contributed by atoms with Gasteiger partial charge in [0, 0.05) is 11.6 Å². The molecular weight excluding hydrogens is 432 g/mol. The van der Waals surface area contributed by atoms with E-state index >= 15 is 0 Å². The number of hydrogen-bond acceptors (Lipinski definition) is 2. The van der Waals surface area contributed by atoms with Crippen LogP contribution in [0.4, 0.5) is 0 Å². The standard InChI is InChI=1S/C32H48O3/c1-7-8-9-10-13-20-35-28-23-26-25(30(3,4)16-17-31(26,5)6)22-27(28)32(18-19-32)15-12-11-14-24(2)21-29(33)34/h11,14,21-23H,7-10,12-13,15-20H2,1-6H3,(H,33,34)/b14-11+,24-21+. The fourth-order valence-corrected chi connectivity index (χ4v) is 5.69. The molecule has 1 N–H and O–H groups in total. The van der Waals surface area contributed by atoms with E-state index in [1.165, 1.54) is 74.1 Å². The van der Waals surface area contributed by atoms with Gasteiger partial charge in [0.25, 0.3) is 0 Å². The number of allylic oxidation sites excluding steroid dienone is 3. The van der Waals surface area contributed by atoms with Crippen LogP contribution in [0.3, 0.4) is 0 Å². The SMILES string of the molecule is CCCCCCCOc1cc2c(cc1C1(CC/C=C/C(C)=C/C(=O)O)CC1)C(C)(C)CCC2(C)C. The highest BCUT2D eigenvalue weighted by molar-refractivity contribution is 5.81. The molecule has 0 aliphatic heterocycles. The highest BCUT2D eigenvalue weighted by Gasteiger charge is 2.47. The van der Waals surface area contributed by atoms with E-state index in [2.05, 4.69) is 52.8 Å². The zero-order valence-corrected chi connectivity index (χ0v) is 23.1. The Bertz CT molecular complexity index is 944. The number of carboxylic acids is 1. The molecule has 2 aliphatic rings. The summed E-state index contributed by atoms with van der Waals surface area (Å²) in [6, 6.07) is 4.93. The quantitative estimate of drug-likeness (QED) is 0.174. The maximum Gasteiger partial charge on any atom is 0.328 e. The van der Waals surface area contributed by atoms with Crippen LogP contribution < -0.4 is 4.74 Å². The van der Waals surface area contributed by atoms with Crippen LogP contribution in [0.2, 0.25) is 0 Å². The second-order valence-electron chi connectivity index (χ2n) is 12.4. The second-order valence-corrected chi connectivity index (χ2v) is 12.4. The van der Waals surface area contributed by atoms with Crippen LogP contribution in [0.25, 0.3) is 0 Å². The molecule has 0 heterocycles. The molecule has 0 aromatic heterocycles. The summed E-state index contributed by atoms with van der Waals surface area (Å²) in [4.78, 5) is 10.9. The average Bonchev–Trinajstić information content (AvgIpc) is 3.57. The van der Waals surface area contributed by atoms with Gasteiger partial charge in [0.05, 0.1) is 6.61 Å². The summed E-state index contributed by atoms with van der Waals surface area (Å²) in [5.41, 5.74) is 5.75. The van der Waals surface area contributed by atoms with E-state index in [-0.39, 0.29) is 16.2 Å². The summed E-state index contributed by atoms with van der Waals surface area (Å²) < 4.78 is 6.57. The van der Waals surface area contributed by atoms with Gasteiger partial charge in [-0.05, 0) is 90.9 Å². The normalized spacial score (nSPS) is 20.0. The Kier molecular flexibility index (Phi) is 8.94. The van der Waals surface area contributed by atoms with Crippen molar-refractivity contribution in [3.63, 3.8) is 0 Å². The van der Waals surface area contributed by atoms with E-state index in [0.717, 1.165) is 37.2 Å². The number of ether oxygens (including phenoxy) is 1. The van der Waals surface area contributed by atoms with Gasteiger partial charge in [-0.2, -0.15) is 0 Å². The number of benzene rings is 1. The summed E-state index contributed by atoms with van der Waals surface area (Å²) in [5, 5.41) is 8.94. The molecule has 0 spiro atoms. The zero-order valence-electron chi connectivity index (χ0n) is 23.1. The Morgan fingerprint density at radius 3 is 2.17 bits per heavy atom. The van der Waals surface area contributed by atoms with E-state index in [9.17, 15) is 4.79 Å². The van der Waals surface area contributed by atoms with Gasteiger partial charge < -0.3 is 9.84 Å². The van der Waals surface area contributed by atoms with Crippen molar-refractivity contribution in [1.29, 1.82) is 0 Å². The molecule has 0 saturated heterocycles. The zero-order chi connectivity index (χ0) is 25.7. The Labute approximate surface area is 214 Å². The van der Waals surface area contributed by atoms with Crippen LogP contribution in [0.1, 0.15) is 129 Å². The summed E-state index contributed by atoms with van der Waals surface area (Å²) >= 11 is 0. The molecule has 1 aromatic carbocycles. The molecule has 35 heavy (non-hydrogen) atoms. The molecule has 1 aromatic rings. The molecule has 0 radical (unpaired) electrons. The molecule has 194 valence electrons. The van der Waals surface area contributed by atoms with Crippen molar-refractivity contribution in [2.24, 2.45) is 0 Å². The third kappa shape index (κ3) is 7.02. The lowest BCUT2D eigenvalue weighted by Crippen LogP contribution is -2.34. The van der Waals surface area contributed by atoms with Crippen molar-refractivity contribution in [2.75, 3.05) is 6.61 Å². The van der Waals surface area contributed by atoms with Gasteiger partial charge in [0.15, 0.2) is 0 Å². The Morgan fingerprint density at radius 1 is 0.943 bits per heavy atom. The number of aliphatic carboxylic acids is 1. The van der Waals surface area contributed by atoms with Gasteiger partial charge in [-0.25, -0.2) is 4.79 Å². The number of hydrogen-bond donors (Lipinski definition) is 1. The Hall–Kier alpha value is -2.03. The number of carboxylic acid groups (broad SMARTS) is 1. The van der Waals surface area contributed by atoms with E-state index in [1.54, 1.807) is 0 Å². The van der Waals surface area contributed by atoms with Crippen molar-refractivity contribution in [1.82, 2.24) is 0 Å². The van der Waals surface area contributed by atoms with Gasteiger partial charge in [0.1, 0.15) is 5.75 Å². The van der Waals surface area contributed by atoms with Crippen molar-refractivity contribution in [2.45, 2.75) is 128 Å². The average molecular weight is 481 g/mol. The maximum absolute atomic E-state index is 10.9. The van der Waals surface area contributed by atoms with Crippen molar-refractivity contribution in [3.05, 3.63) is 52.6 Å². The van der Waals surface area contributed by atoms with Crippen LogP contribution in [0.15, 0.2) is 35.9 Å². The third-order valence-corrected chi connectivity index (χ3v) is 8.40. The van der Waals surface area contributed by atoms with Crippen LogP contribution in [-0.4, -0.2) is 17.7 Å². The molecule has 3 rings (SSSR count). The highest BCUT2D eigenvalue weighted by Crippen LogP contribution is 2.57. The molecule has 0 bridgehead atoms.